The van der Waals surface area contributed by atoms with Crippen molar-refractivity contribution in [2.24, 2.45) is 0 Å². The molecule has 1 heterocycles. The van der Waals surface area contributed by atoms with Gasteiger partial charge in [0.25, 0.3) is 5.91 Å². The van der Waals surface area contributed by atoms with Crippen LogP contribution in [0.15, 0.2) is 30.3 Å². The van der Waals surface area contributed by atoms with Gasteiger partial charge in [0.15, 0.2) is 0 Å². The molecule has 1 aliphatic rings. The van der Waals surface area contributed by atoms with E-state index in [1.807, 2.05) is 32.9 Å². The number of benzene rings is 2. The van der Waals surface area contributed by atoms with Crippen LogP contribution in [0.1, 0.15) is 59.3 Å². The number of piperidine rings is 1. The van der Waals surface area contributed by atoms with Crippen LogP contribution in [0.4, 0.5) is 4.39 Å². The van der Waals surface area contributed by atoms with Gasteiger partial charge in [-0.3, -0.25) is 9.69 Å². The number of nitriles is 1. The minimum atomic E-state index is -0.528. The number of likely N-dealkylation sites (tertiary alicyclic amines) is 1. The van der Waals surface area contributed by atoms with Crippen molar-refractivity contribution >= 4 is 17.5 Å². The van der Waals surface area contributed by atoms with Crippen LogP contribution in [0.3, 0.4) is 0 Å². The van der Waals surface area contributed by atoms with Gasteiger partial charge in [0.2, 0.25) is 0 Å². The van der Waals surface area contributed by atoms with Crippen molar-refractivity contribution in [3.63, 3.8) is 0 Å². The van der Waals surface area contributed by atoms with Crippen molar-refractivity contribution < 1.29 is 9.18 Å². The van der Waals surface area contributed by atoms with Crippen LogP contribution in [-0.2, 0) is 6.54 Å². The van der Waals surface area contributed by atoms with Gasteiger partial charge in [0.05, 0.1) is 16.7 Å². The number of carbonyl (C=O) groups excluding carboxylic acids is 1. The lowest BCUT2D eigenvalue weighted by molar-refractivity contribution is 0.0909. The van der Waals surface area contributed by atoms with Crippen molar-refractivity contribution in [3.8, 4) is 6.07 Å². The molecular formula is C24H29ClFN3O. The number of halogens is 2. The number of hydrogen-bond acceptors (Lipinski definition) is 3. The van der Waals surface area contributed by atoms with E-state index in [0.29, 0.717) is 5.56 Å². The van der Waals surface area contributed by atoms with E-state index < -0.39 is 5.82 Å². The van der Waals surface area contributed by atoms with E-state index in [4.69, 9.17) is 16.9 Å². The van der Waals surface area contributed by atoms with Gasteiger partial charge in [-0.1, -0.05) is 31.5 Å². The molecule has 160 valence electrons. The van der Waals surface area contributed by atoms with E-state index in [0.717, 1.165) is 43.6 Å². The molecule has 0 atom stereocenters. The Labute approximate surface area is 183 Å². The highest BCUT2D eigenvalue weighted by atomic mass is 35.5. The second-order valence-electron chi connectivity index (χ2n) is 7.29. The summed E-state index contributed by atoms with van der Waals surface area (Å²) in [5.74, 6) is -0.751. The van der Waals surface area contributed by atoms with Crippen LogP contribution in [0.2, 0.25) is 5.02 Å². The molecule has 0 bridgehead atoms. The molecule has 6 heteroatoms. The Kier molecular flexibility index (Phi) is 8.83. The fraction of sp³-hybridized carbons (Fsp3) is 0.417. The van der Waals surface area contributed by atoms with E-state index >= 15 is 0 Å². The number of carbonyl (C=O) groups is 1. The van der Waals surface area contributed by atoms with Gasteiger partial charge in [0, 0.05) is 31.2 Å². The third-order valence-electron chi connectivity index (χ3n) is 5.52. The number of nitrogens with zero attached hydrogens (tertiary/aromatic N) is 2. The van der Waals surface area contributed by atoms with Gasteiger partial charge in [-0.15, -0.1) is 0 Å². The van der Waals surface area contributed by atoms with Gasteiger partial charge in [0.1, 0.15) is 5.82 Å². The maximum absolute atomic E-state index is 13.3. The maximum Gasteiger partial charge on any atom is 0.251 e. The summed E-state index contributed by atoms with van der Waals surface area (Å²) in [6, 6.07) is 10.3. The number of nitrogens with one attached hydrogen (secondary N) is 1. The first-order valence-electron chi connectivity index (χ1n) is 10.4. The second kappa shape index (κ2) is 11.1. The lowest BCUT2D eigenvalue weighted by Gasteiger charge is -2.33. The fourth-order valence-corrected chi connectivity index (χ4v) is 3.73. The van der Waals surface area contributed by atoms with Crippen LogP contribution < -0.4 is 5.32 Å². The number of rotatable bonds is 4. The highest BCUT2D eigenvalue weighted by Crippen LogP contribution is 2.21. The summed E-state index contributed by atoms with van der Waals surface area (Å²) < 4.78 is 13.3. The van der Waals surface area contributed by atoms with Gasteiger partial charge in [-0.2, -0.15) is 5.26 Å². The van der Waals surface area contributed by atoms with E-state index in [9.17, 15) is 9.18 Å². The van der Waals surface area contributed by atoms with Crippen molar-refractivity contribution in [1.82, 2.24) is 10.2 Å². The standard InChI is InChI=1S/C22H23ClFN3O.C2H6/c1-14-15(2)18(4-3-17(14)12-25)13-27-9-7-19(8-10-27)26-22(28)16-5-6-21(24)20(23)11-16;1-2/h3-6,11,19H,7-10,13H2,1-2H3,(H,26,28);1-2H3. The molecule has 0 radical (unpaired) electrons. The zero-order chi connectivity index (χ0) is 22.3. The van der Waals surface area contributed by atoms with Crippen LogP contribution in [-0.4, -0.2) is 29.9 Å². The van der Waals surface area contributed by atoms with Crippen LogP contribution in [0, 0.1) is 31.0 Å². The Morgan fingerprint density at radius 2 is 1.87 bits per heavy atom. The molecular weight excluding hydrogens is 401 g/mol. The van der Waals surface area contributed by atoms with Crippen molar-refractivity contribution in [1.29, 1.82) is 5.26 Å². The van der Waals surface area contributed by atoms with Crippen LogP contribution >= 0.6 is 11.6 Å². The van der Waals surface area contributed by atoms with Gasteiger partial charge < -0.3 is 5.32 Å². The second-order valence-corrected chi connectivity index (χ2v) is 7.69. The van der Waals surface area contributed by atoms with Gasteiger partial charge in [-0.05, 0) is 67.6 Å². The first kappa shape index (κ1) is 23.9. The molecule has 3 rings (SSSR count). The van der Waals surface area contributed by atoms with Gasteiger partial charge in [-0.25, -0.2) is 4.39 Å². The predicted octanol–water partition coefficient (Wildman–Crippen LogP) is 5.39. The quantitative estimate of drug-likeness (QED) is 0.709. The smallest absolute Gasteiger partial charge is 0.251 e. The molecule has 0 saturated carbocycles. The lowest BCUT2D eigenvalue weighted by Crippen LogP contribution is -2.44. The summed E-state index contributed by atoms with van der Waals surface area (Å²) in [5.41, 5.74) is 4.55. The maximum atomic E-state index is 13.3. The Morgan fingerprint density at radius 1 is 1.20 bits per heavy atom. The largest absolute Gasteiger partial charge is 0.349 e. The van der Waals surface area contributed by atoms with Crippen molar-refractivity contribution in [3.05, 3.63) is 69.0 Å². The summed E-state index contributed by atoms with van der Waals surface area (Å²) in [4.78, 5) is 14.7. The Hall–Kier alpha value is -2.42. The number of hydrogen-bond donors (Lipinski definition) is 1. The average molecular weight is 430 g/mol. The molecule has 1 amide bonds. The summed E-state index contributed by atoms with van der Waals surface area (Å²) in [5, 5.41) is 12.1. The van der Waals surface area contributed by atoms with Crippen LogP contribution in [0.5, 0.6) is 0 Å². The first-order valence-corrected chi connectivity index (χ1v) is 10.7. The van der Waals surface area contributed by atoms with Crippen molar-refractivity contribution in [2.45, 2.75) is 53.1 Å². The predicted molar refractivity (Wildman–Crippen MR) is 119 cm³/mol. The average Bonchev–Trinajstić information content (AvgIpc) is 2.76. The molecule has 0 unspecified atom stereocenters. The zero-order valence-corrected chi connectivity index (χ0v) is 18.8. The molecule has 2 aromatic carbocycles. The summed E-state index contributed by atoms with van der Waals surface area (Å²) in [6.45, 7) is 10.7. The SMILES string of the molecule is CC.Cc1c(C#N)ccc(CN2CCC(NC(=O)c3ccc(F)c(Cl)c3)CC2)c1C. The topological polar surface area (TPSA) is 56.1 Å². The monoisotopic (exact) mass is 429 g/mol. The van der Waals surface area contributed by atoms with Gasteiger partial charge >= 0.3 is 0 Å². The molecule has 30 heavy (non-hydrogen) atoms. The summed E-state index contributed by atoms with van der Waals surface area (Å²) in [7, 11) is 0. The first-order chi connectivity index (χ1) is 14.4. The highest BCUT2D eigenvalue weighted by Gasteiger charge is 2.22. The Bertz CT molecular complexity index is 931. The summed E-state index contributed by atoms with van der Waals surface area (Å²) in [6.07, 6.45) is 1.71. The minimum absolute atomic E-state index is 0.0458. The molecule has 0 aliphatic carbocycles. The normalized spacial score (nSPS) is 14.4. The highest BCUT2D eigenvalue weighted by molar-refractivity contribution is 6.31. The fourth-order valence-electron chi connectivity index (χ4n) is 3.55. The summed E-state index contributed by atoms with van der Waals surface area (Å²) >= 11 is 5.76. The molecule has 0 spiro atoms. The molecule has 1 saturated heterocycles. The van der Waals surface area contributed by atoms with E-state index in [1.54, 1.807) is 0 Å². The molecule has 1 aliphatic heterocycles. The molecule has 2 aromatic rings. The molecule has 4 nitrogen and oxygen atoms in total. The minimum Gasteiger partial charge on any atom is -0.349 e. The van der Waals surface area contributed by atoms with Crippen molar-refractivity contribution in [2.75, 3.05) is 13.1 Å². The molecule has 1 fully saturated rings. The lowest BCUT2D eigenvalue weighted by atomic mass is 9.97. The third kappa shape index (κ3) is 5.81. The zero-order valence-electron chi connectivity index (χ0n) is 18.1. The van der Waals surface area contributed by atoms with E-state index in [1.165, 1.54) is 29.3 Å². The van der Waals surface area contributed by atoms with E-state index in [2.05, 4.69) is 23.2 Å². The third-order valence-corrected chi connectivity index (χ3v) is 5.81. The number of amides is 1. The Morgan fingerprint density at radius 3 is 2.47 bits per heavy atom. The van der Waals surface area contributed by atoms with Crippen LogP contribution in [0.25, 0.3) is 0 Å². The van der Waals surface area contributed by atoms with E-state index in [-0.39, 0.29) is 17.0 Å². The Balaban J connectivity index is 0.00000155. The molecule has 1 N–H and O–H groups in total. The molecule has 0 aromatic heterocycles.